The highest BCUT2D eigenvalue weighted by molar-refractivity contribution is 7.94. The Morgan fingerprint density at radius 2 is 1.78 bits per heavy atom. The van der Waals surface area contributed by atoms with E-state index in [0.29, 0.717) is 6.08 Å². The summed E-state index contributed by atoms with van der Waals surface area (Å²) in [6.45, 7) is 0. The number of rotatable bonds is 4. The fraction of sp³-hybridized carbons (Fsp3) is 0.333. The molecule has 0 aromatic heterocycles. The predicted octanol–water partition coefficient (Wildman–Crippen LogP) is -0.320. The van der Waals surface area contributed by atoms with E-state index in [1.807, 2.05) is 0 Å². The van der Waals surface area contributed by atoms with Crippen molar-refractivity contribution in [3.63, 3.8) is 0 Å². The van der Waals surface area contributed by atoms with Crippen LogP contribution in [0.15, 0.2) is 22.9 Å². The number of hydrogen-bond donors (Lipinski definition) is 4. The molecule has 0 fully saturated rings. The molecular formula is C6H8ClFN2O6S2. The van der Waals surface area contributed by atoms with Crippen LogP contribution in [0.3, 0.4) is 0 Å². The van der Waals surface area contributed by atoms with Gasteiger partial charge in [0.2, 0.25) is 4.21 Å². The zero-order chi connectivity index (χ0) is 14.2. The van der Waals surface area contributed by atoms with Crippen molar-refractivity contribution in [2.45, 2.75) is 10.6 Å². The maximum absolute atomic E-state index is 13.5. The molecule has 0 heterocycles. The number of sulfonamides is 2. The molecule has 0 radical (unpaired) electrons. The molecule has 1 aliphatic rings. The smallest absolute Gasteiger partial charge is 0.260 e. The van der Waals surface area contributed by atoms with Crippen molar-refractivity contribution in [1.82, 2.24) is 9.77 Å². The second-order valence-corrected chi connectivity index (χ2v) is 7.71. The second-order valence-electron chi connectivity index (χ2n) is 3.24. The molecule has 0 aromatic carbocycles. The van der Waals surface area contributed by atoms with Crippen molar-refractivity contribution in [2.24, 2.45) is 0 Å². The highest BCUT2D eigenvalue weighted by atomic mass is 35.5. The van der Waals surface area contributed by atoms with E-state index in [4.69, 9.17) is 22.0 Å². The number of allylic oxidation sites excluding steroid dienone is 3. The van der Waals surface area contributed by atoms with Crippen LogP contribution in [-0.4, -0.2) is 31.5 Å². The first-order chi connectivity index (χ1) is 8.10. The van der Waals surface area contributed by atoms with Gasteiger partial charge in [0.1, 0.15) is 5.83 Å². The third kappa shape index (κ3) is 2.42. The third-order valence-electron chi connectivity index (χ3n) is 2.19. The lowest BCUT2D eigenvalue weighted by molar-refractivity contribution is 0.239. The van der Waals surface area contributed by atoms with E-state index >= 15 is 0 Å². The van der Waals surface area contributed by atoms with E-state index < -0.39 is 41.4 Å². The van der Waals surface area contributed by atoms with Crippen LogP contribution in [0.4, 0.5) is 4.39 Å². The van der Waals surface area contributed by atoms with Gasteiger partial charge in [-0.1, -0.05) is 21.4 Å². The van der Waals surface area contributed by atoms with Gasteiger partial charge in [-0.25, -0.2) is 21.2 Å². The average molecular weight is 323 g/mol. The summed E-state index contributed by atoms with van der Waals surface area (Å²) < 4.78 is 55.9. The van der Waals surface area contributed by atoms with Gasteiger partial charge < -0.3 is 10.4 Å². The van der Waals surface area contributed by atoms with Gasteiger partial charge in [-0.3, -0.25) is 0 Å². The Kier molecular flexibility index (Phi) is 4.17. The summed E-state index contributed by atoms with van der Waals surface area (Å²) >= 11 is 5.51. The van der Waals surface area contributed by atoms with Crippen LogP contribution in [-0.2, 0) is 20.0 Å². The minimum absolute atomic E-state index is 0.510. The molecule has 4 N–H and O–H groups in total. The van der Waals surface area contributed by atoms with Crippen molar-refractivity contribution >= 4 is 31.6 Å². The quantitative estimate of drug-likeness (QED) is 0.414. The maximum Gasteiger partial charge on any atom is 0.260 e. The van der Waals surface area contributed by atoms with Gasteiger partial charge >= 0.3 is 0 Å². The summed E-state index contributed by atoms with van der Waals surface area (Å²) in [7, 11) is -9.15. The first-order valence-corrected chi connectivity index (χ1v) is 7.52. The van der Waals surface area contributed by atoms with Gasteiger partial charge in [0, 0.05) is 6.42 Å². The molecule has 0 amide bonds. The Balaban J connectivity index is 3.35. The molecule has 0 saturated carbocycles. The molecular weight excluding hydrogens is 315 g/mol. The number of nitrogens with one attached hydrogen (secondary N) is 2. The zero-order valence-corrected chi connectivity index (χ0v) is 10.9. The third-order valence-corrected chi connectivity index (χ3v) is 5.75. The van der Waals surface area contributed by atoms with Gasteiger partial charge in [-0.15, -0.1) is 0 Å². The lowest BCUT2D eigenvalue weighted by Crippen LogP contribution is -2.43. The number of halogens is 2. The summed E-state index contributed by atoms with van der Waals surface area (Å²) in [6.07, 6.45) is 0.236. The molecule has 104 valence electrons. The van der Waals surface area contributed by atoms with E-state index in [-0.39, 0.29) is 0 Å². The molecule has 1 rings (SSSR count). The second kappa shape index (κ2) is 4.85. The minimum Gasteiger partial charge on any atom is -0.302 e. The van der Waals surface area contributed by atoms with Crippen molar-refractivity contribution in [2.75, 3.05) is 0 Å². The molecule has 8 nitrogen and oxygen atoms in total. The molecule has 1 unspecified atom stereocenters. The highest BCUT2D eigenvalue weighted by Gasteiger charge is 2.50. The highest BCUT2D eigenvalue weighted by Crippen LogP contribution is 2.41. The molecule has 1 atom stereocenters. The van der Waals surface area contributed by atoms with E-state index in [1.54, 1.807) is 0 Å². The van der Waals surface area contributed by atoms with Gasteiger partial charge in [-0.2, -0.15) is 0 Å². The van der Waals surface area contributed by atoms with Crippen molar-refractivity contribution < 1.29 is 31.6 Å². The standard InChI is InChI=1S/C6H8ClFN2O6S2/c7-6(18(15,16)10-12)3-4(1-2-5(6)8)17(13,14)9-11/h1-2,9-12H,3H2. The summed E-state index contributed by atoms with van der Waals surface area (Å²) in [6, 6.07) is 0. The van der Waals surface area contributed by atoms with Crippen LogP contribution in [0.2, 0.25) is 0 Å². The molecule has 12 heteroatoms. The normalized spacial score (nSPS) is 25.6. The minimum atomic E-state index is -4.76. The van der Waals surface area contributed by atoms with Crippen LogP contribution in [0.25, 0.3) is 0 Å². The van der Waals surface area contributed by atoms with Crippen molar-refractivity contribution in [3.8, 4) is 0 Å². The Morgan fingerprint density at radius 1 is 1.22 bits per heavy atom. The molecule has 0 aromatic rings. The molecule has 0 spiro atoms. The van der Waals surface area contributed by atoms with E-state index in [1.165, 1.54) is 0 Å². The average Bonchev–Trinajstić information content (AvgIpc) is 2.32. The summed E-state index contributed by atoms with van der Waals surface area (Å²) in [4.78, 5) is 1.11. The van der Waals surface area contributed by atoms with E-state index in [9.17, 15) is 21.2 Å². The topological polar surface area (TPSA) is 133 Å². The number of alkyl halides is 1. The summed E-state index contributed by atoms with van der Waals surface area (Å²) in [5.41, 5.74) is 0. The fourth-order valence-electron chi connectivity index (χ4n) is 1.20. The molecule has 1 aliphatic carbocycles. The van der Waals surface area contributed by atoms with Crippen LogP contribution in [0.1, 0.15) is 6.42 Å². The Morgan fingerprint density at radius 3 is 2.22 bits per heavy atom. The lowest BCUT2D eigenvalue weighted by atomic mass is 10.1. The molecule has 0 saturated heterocycles. The Bertz CT molecular complexity index is 612. The predicted molar refractivity (Wildman–Crippen MR) is 58.2 cm³/mol. The van der Waals surface area contributed by atoms with Crippen molar-refractivity contribution in [1.29, 1.82) is 0 Å². The van der Waals surface area contributed by atoms with E-state index in [2.05, 4.69) is 0 Å². The summed E-state index contributed by atoms with van der Waals surface area (Å²) in [5.74, 6) is -1.37. The molecule has 18 heavy (non-hydrogen) atoms. The van der Waals surface area contributed by atoms with Crippen molar-refractivity contribution in [3.05, 3.63) is 22.9 Å². The SMILES string of the molecule is O=S(=O)(NO)C1=CC=C(F)C(Cl)(S(=O)(=O)NO)C1. The monoisotopic (exact) mass is 322 g/mol. The lowest BCUT2D eigenvalue weighted by Gasteiger charge is -2.27. The van der Waals surface area contributed by atoms with Crippen LogP contribution >= 0.6 is 11.6 Å². The van der Waals surface area contributed by atoms with Crippen LogP contribution in [0, 0.1) is 0 Å². The van der Waals surface area contributed by atoms with Gasteiger partial charge in [0.15, 0.2) is 0 Å². The first-order valence-electron chi connectivity index (χ1n) is 4.18. The summed E-state index contributed by atoms with van der Waals surface area (Å²) in [5, 5.41) is 16.8. The Hall–Kier alpha value is -0.560. The zero-order valence-electron chi connectivity index (χ0n) is 8.46. The van der Waals surface area contributed by atoms with E-state index in [0.717, 1.165) is 15.8 Å². The number of hydrogen-bond acceptors (Lipinski definition) is 6. The van der Waals surface area contributed by atoms with Gasteiger partial charge in [-0.05, 0) is 12.2 Å². The fourth-order valence-corrected chi connectivity index (χ4v) is 3.26. The van der Waals surface area contributed by atoms with Gasteiger partial charge in [0.05, 0.1) is 4.91 Å². The molecule has 0 aliphatic heterocycles. The Labute approximate surface area is 107 Å². The van der Waals surface area contributed by atoms with Gasteiger partial charge in [0.25, 0.3) is 20.0 Å². The largest absolute Gasteiger partial charge is 0.302 e. The maximum atomic E-state index is 13.5. The molecule has 0 bridgehead atoms. The first kappa shape index (κ1) is 15.5. The van der Waals surface area contributed by atoms with Crippen LogP contribution < -0.4 is 9.77 Å². The van der Waals surface area contributed by atoms with Crippen LogP contribution in [0.5, 0.6) is 0 Å².